The first-order valence-electron chi connectivity index (χ1n) is 9.38. The van der Waals surface area contributed by atoms with Gasteiger partial charge in [0.25, 0.3) is 0 Å². The molecular weight excluding hydrogens is 323 g/mol. The topological polar surface area (TPSA) is 8.17 Å². The lowest BCUT2D eigenvalue weighted by Crippen LogP contribution is -2.30. The quantitative estimate of drug-likeness (QED) is 0.633. The van der Waals surface area contributed by atoms with Crippen molar-refractivity contribution >= 4 is 0 Å². The molecule has 0 radical (unpaired) electrons. The lowest BCUT2D eigenvalue weighted by atomic mass is 9.93. The van der Waals surface area contributed by atoms with Gasteiger partial charge < -0.3 is 9.47 Å². The second kappa shape index (κ2) is 7.46. The smallest absolute Gasteiger partial charge is 0.131 e. The largest absolute Gasteiger partial charge is 0.347 e. The first kappa shape index (κ1) is 17.0. The molecule has 0 spiro atoms. The van der Waals surface area contributed by atoms with E-state index in [2.05, 4.69) is 47.0 Å². The maximum atomic E-state index is 14.0. The number of benzene rings is 2. The molecule has 26 heavy (non-hydrogen) atoms. The Bertz CT molecular complexity index is 858. The van der Waals surface area contributed by atoms with E-state index in [-0.39, 0.29) is 5.82 Å². The zero-order valence-electron chi connectivity index (χ0n) is 15.2. The summed E-state index contributed by atoms with van der Waals surface area (Å²) in [6.45, 7) is 3.21. The summed E-state index contributed by atoms with van der Waals surface area (Å²) < 4.78 is 16.3. The van der Waals surface area contributed by atoms with Crippen molar-refractivity contribution in [2.45, 2.75) is 25.3 Å². The number of piperidine rings is 1. The van der Waals surface area contributed by atoms with E-state index in [1.807, 2.05) is 24.3 Å². The minimum absolute atomic E-state index is 0.171. The molecule has 0 aliphatic carbocycles. The van der Waals surface area contributed by atoms with Crippen LogP contribution in [0, 0.1) is 5.82 Å². The van der Waals surface area contributed by atoms with E-state index in [0.717, 1.165) is 12.1 Å². The van der Waals surface area contributed by atoms with E-state index in [1.54, 1.807) is 6.07 Å². The van der Waals surface area contributed by atoms with Crippen LogP contribution in [0.15, 0.2) is 66.9 Å². The van der Waals surface area contributed by atoms with Crippen LogP contribution in [0.3, 0.4) is 0 Å². The fourth-order valence-electron chi connectivity index (χ4n) is 3.93. The van der Waals surface area contributed by atoms with Gasteiger partial charge >= 0.3 is 0 Å². The molecule has 0 amide bonds. The predicted octanol–water partition coefficient (Wildman–Crippen LogP) is 5.15. The van der Waals surface area contributed by atoms with Crippen LogP contribution in [0.5, 0.6) is 0 Å². The molecule has 1 aliphatic heterocycles. The fraction of sp³-hybridized carbons (Fsp3) is 0.304. The summed E-state index contributed by atoms with van der Waals surface area (Å²) in [5.74, 6) is 0.481. The van der Waals surface area contributed by atoms with Gasteiger partial charge in [-0.25, -0.2) is 4.39 Å². The number of halogens is 1. The second-order valence-electron chi connectivity index (χ2n) is 7.32. The van der Waals surface area contributed by atoms with Crippen molar-refractivity contribution in [3.63, 3.8) is 0 Å². The maximum Gasteiger partial charge on any atom is 0.131 e. The third-order valence-corrected chi connectivity index (χ3v) is 5.49. The molecule has 0 N–H and O–H groups in total. The van der Waals surface area contributed by atoms with Crippen LogP contribution in [0.1, 0.15) is 30.0 Å². The Balaban J connectivity index is 1.50. The van der Waals surface area contributed by atoms with Gasteiger partial charge in [-0.05, 0) is 62.3 Å². The van der Waals surface area contributed by atoms with Crippen molar-refractivity contribution in [2.75, 3.05) is 20.1 Å². The monoisotopic (exact) mass is 348 g/mol. The Hall–Kier alpha value is -2.39. The van der Waals surface area contributed by atoms with Crippen LogP contribution < -0.4 is 0 Å². The molecule has 0 saturated carbocycles. The van der Waals surface area contributed by atoms with Crippen LogP contribution in [0.4, 0.5) is 4.39 Å². The van der Waals surface area contributed by atoms with Gasteiger partial charge in [0, 0.05) is 29.9 Å². The van der Waals surface area contributed by atoms with E-state index in [9.17, 15) is 4.39 Å². The fourth-order valence-corrected chi connectivity index (χ4v) is 3.93. The highest BCUT2D eigenvalue weighted by Gasteiger charge is 2.20. The molecule has 1 fully saturated rings. The first-order valence-corrected chi connectivity index (χ1v) is 9.38. The van der Waals surface area contributed by atoms with Gasteiger partial charge in [-0.3, -0.25) is 0 Å². The van der Waals surface area contributed by atoms with Crippen LogP contribution in [-0.2, 0) is 6.54 Å². The minimum Gasteiger partial charge on any atom is -0.347 e. The van der Waals surface area contributed by atoms with Gasteiger partial charge in [0.1, 0.15) is 5.82 Å². The molecule has 1 aliphatic rings. The Morgan fingerprint density at radius 2 is 1.65 bits per heavy atom. The summed E-state index contributed by atoms with van der Waals surface area (Å²) in [5.41, 5.74) is 4.27. The van der Waals surface area contributed by atoms with Crippen molar-refractivity contribution in [1.82, 2.24) is 9.47 Å². The molecule has 134 valence electrons. The van der Waals surface area contributed by atoms with Crippen LogP contribution >= 0.6 is 0 Å². The highest BCUT2D eigenvalue weighted by Crippen LogP contribution is 2.29. The molecule has 0 unspecified atom stereocenters. The number of likely N-dealkylation sites (tertiary alicyclic amines) is 1. The van der Waals surface area contributed by atoms with E-state index in [0.29, 0.717) is 11.5 Å². The van der Waals surface area contributed by atoms with E-state index in [4.69, 9.17) is 0 Å². The van der Waals surface area contributed by atoms with E-state index < -0.39 is 0 Å². The average molecular weight is 348 g/mol. The predicted molar refractivity (Wildman–Crippen MR) is 105 cm³/mol. The van der Waals surface area contributed by atoms with Crippen LogP contribution in [0.25, 0.3) is 11.1 Å². The summed E-state index contributed by atoms with van der Waals surface area (Å²) in [7, 11) is 2.20. The standard InChI is InChI=1S/C23H25FN2/c1-25-15-12-20(13-16-25)23-7-4-14-26(23)17-18-8-10-19(11-9-18)21-5-2-3-6-22(21)24/h2-11,14,20H,12-13,15-17H2,1H3. The Kier molecular flexibility index (Phi) is 4.89. The summed E-state index contributed by atoms with van der Waals surface area (Å²) in [6, 6.07) is 19.6. The van der Waals surface area contributed by atoms with Gasteiger partial charge in [0.15, 0.2) is 0 Å². The molecule has 3 heteroatoms. The van der Waals surface area contributed by atoms with E-state index >= 15 is 0 Å². The molecule has 2 heterocycles. The highest BCUT2D eigenvalue weighted by molar-refractivity contribution is 5.64. The van der Waals surface area contributed by atoms with Gasteiger partial charge in [0.2, 0.25) is 0 Å². The van der Waals surface area contributed by atoms with E-state index in [1.165, 1.54) is 43.3 Å². The summed E-state index contributed by atoms with van der Waals surface area (Å²) >= 11 is 0. The van der Waals surface area contributed by atoms with Gasteiger partial charge in [0.05, 0.1) is 0 Å². The third kappa shape index (κ3) is 3.58. The first-order chi connectivity index (χ1) is 12.7. The molecule has 1 saturated heterocycles. The van der Waals surface area contributed by atoms with Crippen molar-refractivity contribution in [1.29, 1.82) is 0 Å². The highest BCUT2D eigenvalue weighted by atomic mass is 19.1. The number of aromatic nitrogens is 1. The molecular formula is C23H25FN2. The summed E-state index contributed by atoms with van der Waals surface area (Å²) in [4.78, 5) is 2.41. The van der Waals surface area contributed by atoms with Crippen molar-refractivity contribution in [3.8, 4) is 11.1 Å². The Labute approximate surface area is 154 Å². The normalized spacial score (nSPS) is 16.1. The molecule has 4 rings (SSSR count). The average Bonchev–Trinajstić information content (AvgIpc) is 3.12. The maximum absolute atomic E-state index is 14.0. The molecule has 0 bridgehead atoms. The Morgan fingerprint density at radius 3 is 2.38 bits per heavy atom. The lowest BCUT2D eigenvalue weighted by molar-refractivity contribution is 0.251. The van der Waals surface area contributed by atoms with Crippen molar-refractivity contribution < 1.29 is 4.39 Å². The summed E-state index contributed by atoms with van der Waals surface area (Å²) in [5, 5.41) is 0. The van der Waals surface area contributed by atoms with Crippen LogP contribution in [-0.4, -0.2) is 29.6 Å². The van der Waals surface area contributed by atoms with Gasteiger partial charge in [-0.1, -0.05) is 42.5 Å². The van der Waals surface area contributed by atoms with Crippen molar-refractivity contribution in [3.05, 3.63) is 83.9 Å². The SMILES string of the molecule is CN1CCC(c2cccn2Cc2ccc(-c3ccccc3F)cc2)CC1. The van der Waals surface area contributed by atoms with Gasteiger partial charge in [-0.15, -0.1) is 0 Å². The Morgan fingerprint density at radius 1 is 0.923 bits per heavy atom. The summed E-state index contributed by atoms with van der Waals surface area (Å²) in [6.07, 6.45) is 4.64. The molecule has 3 aromatic rings. The minimum atomic E-state index is -0.171. The molecule has 0 atom stereocenters. The number of rotatable bonds is 4. The second-order valence-corrected chi connectivity index (χ2v) is 7.32. The van der Waals surface area contributed by atoms with Crippen LogP contribution in [0.2, 0.25) is 0 Å². The molecule has 1 aromatic heterocycles. The number of nitrogens with zero attached hydrogens (tertiary/aromatic N) is 2. The number of hydrogen-bond donors (Lipinski definition) is 0. The third-order valence-electron chi connectivity index (χ3n) is 5.49. The zero-order chi connectivity index (χ0) is 17.9. The van der Waals surface area contributed by atoms with Gasteiger partial charge in [-0.2, -0.15) is 0 Å². The molecule has 2 aromatic carbocycles. The lowest BCUT2D eigenvalue weighted by Gasteiger charge is -2.29. The number of hydrogen-bond acceptors (Lipinski definition) is 1. The zero-order valence-corrected chi connectivity index (χ0v) is 15.2. The molecule has 2 nitrogen and oxygen atoms in total. The van der Waals surface area contributed by atoms with Crippen molar-refractivity contribution in [2.24, 2.45) is 0 Å².